The van der Waals surface area contributed by atoms with Gasteiger partial charge in [-0.2, -0.15) is 0 Å². The summed E-state index contributed by atoms with van der Waals surface area (Å²) < 4.78 is 0.811. The largest absolute Gasteiger partial charge is 0.401 e. The van der Waals surface area contributed by atoms with Crippen LogP contribution in [-0.4, -0.2) is 5.88 Å². The van der Waals surface area contributed by atoms with Crippen molar-refractivity contribution in [2.24, 2.45) is 5.73 Å². The van der Waals surface area contributed by atoms with Crippen molar-refractivity contribution in [2.75, 3.05) is 5.88 Å². The fraction of sp³-hybridized carbons (Fsp3) is 0.143. The van der Waals surface area contributed by atoms with Gasteiger partial charge >= 0.3 is 0 Å². The van der Waals surface area contributed by atoms with E-state index in [1.54, 1.807) is 18.2 Å². The summed E-state index contributed by atoms with van der Waals surface area (Å²) in [6.45, 7) is 3.60. The molecule has 0 spiro atoms. The zero-order valence-electron chi connectivity index (χ0n) is 5.48. The maximum atomic E-state index is 5.41. The second kappa shape index (κ2) is 5.57. The Morgan fingerprint density at radius 3 is 2.70 bits per heavy atom. The van der Waals surface area contributed by atoms with Crippen molar-refractivity contribution in [3.8, 4) is 0 Å². The number of nitrogens with two attached hydrogens (primary N) is 1. The van der Waals surface area contributed by atoms with E-state index < -0.39 is 0 Å². The van der Waals surface area contributed by atoms with Crippen LogP contribution < -0.4 is 5.73 Å². The molecule has 0 bridgehead atoms. The molecule has 56 valence electrons. The molecule has 0 aliphatic heterocycles. The number of hydrogen-bond donors (Lipinski definition) is 1. The molecule has 0 amide bonds. The Kier molecular flexibility index (Phi) is 5.45. The van der Waals surface area contributed by atoms with Crippen molar-refractivity contribution >= 4 is 27.5 Å². The minimum Gasteiger partial charge on any atom is -0.401 e. The fourth-order valence-electron chi connectivity index (χ4n) is 0.321. The van der Waals surface area contributed by atoms with Crippen molar-refractivity contribution in [2.45, 2.75) is 0 Å². The minimum absolute atomic E-state index is 0.360. The van der Waals surface area contributed by atoms with Crippen LogP contribution in [0.1, 0.15) is 0 Å². The van der Waals surface area contributed by atoms with Crippen molar-refractivity contribution in [1.82, 2.24) is 0 Å². The second-order valence-corrected chi connectivity index (χ2v) is 2.97. The molecule has 0 atom stereocenters. The highest BCUT2D eigenvalue weighted by Gasteiger charge is 1.80. The Morgan fingerprint density at radius 2 is 2.30 bits per heavy atom. The van der Waals surface area contributed by atoms with E-state index in [9.17, 15) is 0 Å². The number of alkyl halides is 1. The van der Waals surface area contributed by atoms with Gasteiger partial charge in [0.25, 0.3) is 0 Å². The molecule has 1 nitrogen and oxygen atoms in total. The summed E-state index contributed by atoms with van der Waals surface area (Å²) in [5, 5.41) is 0. The molecule has 0 aromatic rings. The van der Waals surface area contributed by atoms with E-state index in [2.05, 4.69) is 22.5 Å². The number of rotatable bonds is 3. The van der Waals surface area contributed by atoms with Gasteiger partial charge in [-0.15, -0.1) is 11.6 Å². The average molecular weight is 223 g/mol. The first-order valence-electron chi connectivity index (χ1n) is 2.70. The highest BCUT2D eigenvalue weighted by atomic mass is 79.9. The van der Waals surface area contributed by atoms with Gasteiger partial charge in [-0.25, -0.2) is 0 Å². The SMILES string of the molecule is C=C(Br)/C=C\C=C(/N)CCl. The topological polar surface area (TPSA) is 26.0 Å². The molecule has 0 fully saturated rings. The van der Waals surface area contributed by atoms with E-state index in [4.69, 9.17) is 17.3 Å². The molecule has 0 aliphatic carbocycles. The molecular formula is C7H9BrClN. The van der Waals surface area contributed by atoms with Crippen molar-refractivity contribution in [1.29, 1.82) is 0 Å². The first-order valence-corrected chi connectivity index (χ1v) is 4.02. The first kappa shape index (κ1) is 9.79. The molecule has 0 saturated carbocycles. The highest BCUT2D eigenvalue weighted by Crippen LogP contribution is 2.01. The van der Waals surface area contributed by atoms with Crippen LogP contribution in [0.25, 0.3) is 0 Å². The van der Waals surface area contributed by atoms with Gasteiger partial charge in [0, 0.05) is 10.2 Å². The molecule has 0 unspecified atom stereocenters. The second-order valence-electron chi connectivity index (χ2n) is 1.68. The van der Waals surface area contributed by atoms with E-state index in [0.29, 0.717) is 11.6 Å². The summed E-state index contributed by atoms with van der Waals surface area (Å²) in [6.07, 6.45) is 5.31. The molecule has 0 radical (unpaired) electrons. The third kappa shape index (κ3) is 5.92. The van der Waals surface area contributed by atoms with Gasteiger partial charge in [-0.3, -0.25) is 0 Å². The first-order chi connectivity index (χ1) is 4.66. The fourth-order valence-corrected chi connectivity index (χ4v) is 0.562. The zero-order valence-corrected chi connectivity index (χ0v) is 7.82. The number of hydrogen-bond acceptors (Lipinski definition) is 1. The van der Waals surface area contributed by atoms with Crippen LogP contribution in [0.15, 0.2) is 35.0 Å². The van der Waals surface area contributed by atoms with Crippen LogP contribution >= 0.6 is 27.5 Å². The van der Waals surface area contributed by atoms with Crippen LogP contribution in [-0.2, 0) is 0 Å². The predicted molar refractivity (Wildman–Crippen MR) is 50.2 cm³/mol. The van der Waals surface area contributed by atoms with Crippen molar-refractivity contribution < 1.29 is 0 Å². The molecule has 2 N–H and O–H groups in total. The maximum Gasteiger partial charge on any atom is 0.0619 e. The van der Waals surface area contributed by atoms with Gasteiger partial charge in [-0.1, -0.05) is 28.6 Å². The molecule has 0 heterocycles. The zero-order chi connectivity index (χ0) is 7.98. The van der Waals surface area contributed by atoms with Gasteiger partial charge in [0.15, 0.2) is 0 Å². The molecule has 3 heteroatoms. The van der Waals surface area contributed by atoms with Crippen molar-refractivity contribution in [3.05, 3.63) is 35.0 Å². The summed E-state index contributed by atoms with van der Waals surface area (Å²) >= 11 is 8.57. The van der Waals surface area contributed by atoms with Crippen LogP contribution in [0.3, 0.4) is 0 Å². The lowest BCUT2D eigenvalue weighted by atomic mass is 10.4. The normalized spacial score (nSPS) is 12.4. The van der Waals surface area contributed by atoms with Crippen LogP contribution in [0.2, 0.25) is 0 Å². The average Bonchev–Trinajstić information content (AvgIpc) is 1.87. The standard InChI is InChI=1S/C7H9BrClN/c1-6(8)3-2-4-7(10)5-9/h2-4H,1,5,10H2/b3-2-,7-4-. The summed E-state index contributed by atoms with van der Waals surface area (Å²) in [7, 11) is 0. The molecule has 0 aliphatic rings. The Labute approximate surface area is 74.4 Å². The van der Waals surface area contributed by atoms with E-state index in [1.807, 2.05) is 0 Å². The van der Waals surface area contributed by atoms with Gasteiger partial charge in [-0.05, 0) is 12.2 Å². The molecule has 10 heavy (non-hydrogen) atoms. The smallest absolute Gasteiger partial charge is 0.0619 e. The Bertz CT molecular complexity index is 172. The van der Waals surface area contributed by atoms with Crippen LogP contribution in [0.5, 0.6) is 0 Å². The minimum atomic E-state index is 0.360. The summed E-state index contributed by atoms with van der Waals surface area (Å²) in [4.78, 5) is 0. The van der Waals surface area contributed by atoms with E-state index in [-0.39, 0.29) is 0 Å². The highest BCUT2D eigenvalue weighted by molar-refractivity contribution is 9.11. The van der Waals surface area contributed by atoms with Crippen LogP contribution in [0, 0.1) is 0 Å². The van der Waals surface area contributed by atoms with E-state index in [0.717, 1.165) is 4.48 Å². The monoisotopic (exact) mass is 221 g/mol. The molecule has 0 rings (SSSR count). The molecule has 0 aromatic carbocycles. The summed E-state index contributed by atoms with van der Waals surface area (Å²) in [6, 6.07) is 0. The predicted octanol–water partition coefficient (Wildman–Crippen LogP) is 2.53. The van der Waals surface area contributed by atoms with Crippen LogP contribution in [0.4, 0.5) is 0 Å². The molecular weight excluding hydrogens is 213 g/mol. The van der Waals surface area contributed by atoms with Gasteiger partial charge in [0.2, 0.25) is 0 Å². The van der Waals surface area contributed by atoms with E-state index in [1.165, 1.54) is 0 Å². The molecule has 0 aromatic heterocycles. The Morgan fingerprint density at radius 1 is 1.70 bits per heavy atom. The lowest BCUT2D eigenvalue weighted by Gasteiger charge is -1.87. The van der Waals surface area contributed by atoms with Gasteiger partial charge in [0.1, 0.15) is 0 Å². The molecule has 0 saturated heterocycles. The van der Waals surface area contributed by atoms with Crippen molar-refractivity contribution in [3.63, 3.8) is 0 Å². The number of halogens is 2. The summed E-state index contributed by atoms with van der Waals surface area (Å²) in [5.74, 6) is 0.360. The quantitative estimate of drug-likeness (QED) is 0.576. The maximum absolute atomic E-state index is 5.41. The summed E-state index contributed by atoms with van der Waals surface area (Å²) in [5.41, 5.74) is 6.04. The Balaban J connectivity index is 3.82. The lowest BCUT2D eigenvalue weighted by Crippen LogP contribution is -1.96. The Hall–Kier alpha value is -0.210. The van der Waals surface area contributed by atoms with Gasteiger partial charge in [0.05, 0.1) is 5.88 Å². The van der Waals surface area contributed by atoms with E-state index >= 15 is 0 Å². The lowest BCUT2D eigenvalue weighted by molar-refractivity contribution is 1.32. The third-order valence-electron chi connectivity index (χ3n) is 0.742. The third-order valence-corrected chi connectivity index (χ3v) is 1.31. The van der Waals surface area contributed by atoms with Gasteiger partial charge < -0.3 is 5.73 Å². The number of allylic oxidation sites excluding steroid dienone is 5.